The molecule has 2 atom stereocenters. The maximum atomic E-state index is 13.2. The number of hydrogen-bond donors (Lipinski definition) is 1. The van der Waals surface area contributed by atoms with Gasteiger partial charge in [-0.1, -0.05) is 49.4 Å². The van der Waals surface area contributed by atoms with Crippen molar-refractivity contribution in [3.05, 3.63) is 84.2 Å². The Kier molecular flexibility index (Phi) is 4.21. The standard InChI is InChI=1S/C18H18FN3O/c1-14(15-7-9-17(19)10-8-15)18(23,11-22-13-20-12-21-22)16-5-3-2-4-6-16/h2-10,12-14,23H,11H2,1H3. The lowest BCUT2D eigenvalue weighted by molar-refractivity contribution is -0.00801. The molecular weight excluding hydrogens is 293 g/mol. The van der Waals surface area contributed by atoms with Crippen LogP contribution >= 0.6 is 0 Å². The van der Waals surface area contributed by atoms with Crippen LogP contribution in [0.15, 0.2) is 67.3 Å². The molecule has 3 rings (SSSR count). The second-order valence-electron chi connectivity index (χ2n) is 5.66. The summed E-state index contributed by atoms with van der Waals surface area (Å²) in [6, 6.07) is 15.7. The lowest BCUT2D eigenvalue weighted by atomic mass is 9.78. The van der Waals surface area contributed by atoms with Gasteiger partial charge in [-0.3, -0.25) is 0 Å². The van der Waals surface area contributed by atoms with Crippen molar-refractivity contribution in [3.8, 4) is 0 Å². The average Bonchev–Trinajstić information content (AvgIpc) is 3.08. The highest BCUT2D eigenvalue weighted by Crippen LogP contribution is 2.38. The fourth-order valence-corrected chi connectivity index (χ4v) is 2.79. The first kappa shape index (κ1) is 15.4. The van der Waals surface area contributed by atoms with E-state index in [0.717, 1.165) is 11.1 Å². The molecule has 5 heteroatoms. The molecule has 0 aliphatic heterocycles. The zero-order valence-corrected chi connectivity index (χ0v) is 12.8. The Morgan fingerprint density at radius 2 is 1.83 bits per heavy atom. The van der Waals surface area contributed by atoms with Crippen LogP contribution in [-0.4, -0.2) is 19.9 Å². The lowest BCUT2D eigenvalue weighted by Gasteiger charge is -2.35. The summed E-state index contributed by atoms with van der Waals surface area (Å²) in [5, 5.41) is 15.6. The quantitative estimate of drug-likeness (QED) is 0.787. The topological polar surface area (TPSA) is 50.9 Å². The van der Waals surface area contributed by atoms with Gasteiger partial charge in [0.1, 0.15) is 24.1 Å². The van der Waals surface area contributed by atoms with Crippen LogP contribution in [0.3, 0.4) is 0 Å². The number of hydrogen-bond acceptors (Lipinski definition) is 3. The number of aliphatic hydroxyl groups is 1. The lowest BCUT2D eigenvalue weighted by Crippen LogP contribution is -2.37. The summed E-state index contributed by atoms with van der Waals surface area (Å²) in [6.07, 6.45) is 3.01. The largest absolute Gasteiger partial charge is 0.383 e. The average molecular weight is 311 g/mol. The minimum atomic E-state index is -1.19. The Morgan fingerprint density at radius 3 is 2.43 bits per heavy atom. The van der Waals surface area contributed by atoms with E-state index in [1.165, 1.54) is 18.5 Å². The Hall–Kier alpha value is -2.53. The van der Waals surface area contributed by atoms with Crippen LogP contribution in [0, 0.1) is 5.82 Å². The van der Waals surface area contributed by atoms with Gasteiger partial charge in [0.2, 0.25) is 0 Å². The molecule has 1 heterocycles. The van der Waals surface area contributed by atoms with Crippen molar-refractivity contribution >= 4 is 0 Å². The Bertz CT molecular complexity index is 744. The van der Waals surface area contributed by atoms with Crippen LogP contribution in [-0.2, 0) is 12.1 Å². The molecule has 23 heavy (non-hydrogen) atoms. The minimum Gasteiger partial charge on any atom is -0.383 e. The summed E-state index contributed by atoms with van der Waals surface area (Å²) in [5.74, 6) is -0.546. The predicted molar refractivity (Wildman–Crippen MR) is 85.2 cm³/mol. The van der Waals surface area contributed by atoms with Crippen molar-refractivity contribution in [2.24, 2.45) is 0 Å². The number of nitrogens with zero attached hydrogens (tertiary/aromatic N) is 3. The van der Waals surface area contributed by atoms with Crippen molar-refractivity contribution in [2.45, 2.75) is 25.0 Å². The summed E-state index contributed by atoms with van der Waals surface area (Å²) >= 11 is 0. The van der Waals surface area contributed by atoms with Crippen molar-refractivity contribution < 1.29 is 9.50 Å². The maximum absolute atomic E-state index is 13.2. The molecule has 0 aliphatic carbocycles. The van der Waals surface area contributed by atoms with Gasteiger partial charge in [0, 0.05) is 5.92 Å². The fraction of sp³-hybridized carbons (Fsp3) is 0.222. The Labute approximate surface area is 134 Å². The van der Waals surface area contributed by atoms with E-state index in [-0.39, 0.29) is 18.3 Å². The molecule has 0 radical (unpaired) electrons. The summed E-state index contributed by atoms with van der Waals surface area (Å²) in [5.41, 5.74) is 0.456. The molecule has 2 unspecified atom stereocenters. The normalized spacial score (nSPS) is 15.1. The SMILES string of the molecule is CC(c1ccc(F)cc1)C(O)(Cn1cncn1)c1ccccc1. The van der Waals surface area contributed by atoms with Gasteiger partial charge in [0.15, 0.2) is 0 Å². The van der Waals surface area contributed by atoms with E-state index >= 15 is 0 Å². The van der Waals surface area contributed by atoms with E-state index in [2.05, 4.69) is 10.1 Å². The van der Waals surface area contributed by atoms with Gasteiger partial charge in [-0.2, -0.15) is 5.10 Å². The van der Waals surface area contributed by atoms with Crippen molar-refractivity contribution in [2.75, 3.05) is 0 Å². The van der Waals surface area contributed by atoms with Gasteiger partial charge in [0.25, 0.3) is 0 Å². The highest BCUT2D eigenvalue weighted by molar-refractivity contribution is 5.30. The molecule has 0 spiro atoms. The number of halogens is 1. The molecule has 2 aromatic carbocycles. The molecule has 4 nitrogen and oxygen atoms in total. The maximum Gasteiger partial charge on any atom is 0.137 e. The number of benzene rings is 2. The molecule has 0 saturated heterocycles. The van der Waals surface area contributed by atoms with Gasteiger partial charge < -0.3 is 5.11 Å². The smallest absolute Gasteiger partial charge is 0.137 e. The third-order valence-electron chi connectivity index (χ3n) is 4.23. The molecule has 0 amide bonds. The molecule has 1 N–H and O–H groups in total. The monoisotopic (exact) mass is 311 g/mol. The molecule has 3 aromatic rings. The van der Waals surface area contributed by atoms with Crippen LogP contribution in [0.5, 0.6) is 0 Å². The van der Waals surface area contributed by atoms with Crippen molar-refractivity contribution in [1.82, 2.24) is 14.8 Å². The van der Waals surface area contributed by atoms with E-state index in [1.54, 1.807) is 23.1 Å². The molecule has 0 fully saturated rings. The van der Waals surface area contributed by atoms with Gasteiger partial charge in [-0.05, 0) is 23.3 Å². The molecule has 1 aromatic heterocycles. The molecular formula is C18H18FN3O. The number of rotatable bonds is 5. The first-order valence-corrected chi connectivity index (χ1v) is 7.45. The Morgan fingerprint density at radius 1 is 1.13 bits per heavy atom. The molecule has 0 saturated carbocycles. The molecule has 118 valence electrons. The van der Waals surface area contributed by atoms with Gasteiger partial charge in [-0.15, -0.1) is 0 Å². The third kappa shape index (κ3) is 3.14. The summed E-state index contributed by atoms with van der Waals surface area (Å²) < 4.78 is 14.8. The number of aromatic nitrogens is 3. The zero-order chi connectivity index (χ0) is 16.3. The van der Waals surface area contributed by atoms with E-state index in [4.69, 9.17) is 0 Å². The van der Waals surface area contributed by atoms with E-state index in [0.29, 0.717) is 0 Å². The van der Waals surface area contributed by atoms with Gasteiger partial charge >= 0.3 is 0 Å². The fourth-order valence-electron chi connectivity index (χ4n) is 2.79. The second kappa shape index (κ2) is 6.30. The van der Waals surface area contributed by atoms with Crippen LogP contribution in [0.1, 0.15) is 24.0 Å². The summed E-state index contributed by atoms with van der Waals surface area (Å²) in [7, 11) is 0. The van der Waals surface area contributed by atoms with Crippen LogP contribution in [0.25, 0.3) is 0 Å². The first-order chi connectivity index (χ1) is 11.1. The zero-order valence-electron chi connectivity index (χ0n) is 12.8. The predicted octanol–water partition coefficient (Wildman–Crippen LogP) is 3.11. The van der Waals surface area contributed by atoms with Crippen molar-refractivity contribution in [1.29, 1.82) is 0 Å². The minimum absolute atomic E-state index is 0.255. The van der Waals surface area contributed by atoms with Crippen LogP contribution < -0.4 is 0 Å². The van der Waals surface area contributed by atoms with Crippen LogP contribution in [0.2, 0.25) is 0 Å². The van der Waals surface area contributed by atoms with Crippen molar-refractivity contribution in [3.63, 3.8) is 0 Å². The van der Waals surface area contributed by atoms with Crippen LogP contribution in [0.4, 0.5) is 4.39 Å². The van der Waals surface area contributed by atoms with E-state index < -0.39 is 5.60 Å². The van der Waals surface area contributed by atoms with E-state index in [1.807, 2.05) is 37.3 Å². The highest BCUT2D eigenvalue weighted by atomic mass is 19.1. The van der Waals surface area contributed by atoms with E-state index in [9.17, 15) is 9.50 Å². The second-order valence-corrected chi connectivity index (χ2v) is 5.66. The third-order valence-corrected chi connectivity index (χ3v) is 4.23. The molecule has 0 bridgehead atoms. The summed E-state index contributed by atoms with van der Waals surface area (Å²) in [6.45, 7) is 2.19. The first-order valence-electron chi connectivity index (χ1n) is 7.45. The summed E-state index contributed by atoms with van der Waals surface area (Å²) in [4.78, 5) is 3.93. The van der Waals surface area contributed by atoms with Gasteiger partial charge in [-0.25, -0.2) is 14.1 Å². The Balaban J connectivity index is 2.02. The van der Waals surface area contributed by atoms with Gasteiger partial charge in [0.05, 0.1) is 6.54 Å². The highest BCUT2D eigenvalue weighted by Gasteiger charge is 2.37. The molecule has 0 aliphatic rings.